The fourth-order valence-corrected chi connectivity index (χ4v) is 3.58. The minimum Gasteiger partial charge on any atom is -0.315 e. The van der Waals surface area contributed by atoms with E-state index in [0.29, 0.717) is 0 Å². The Balaban J connectivity index is 1.54. The summed E-state index contributed by atoms with van der Waals surface area (Å²) in [4.78, 5) is 18.6. The highest BCUT2D eigenvalue weighted by Crippen LogP contribution is 2.30. The van der Waals surface area contributed by atoms with Crippen LogP contribution in [0.25, 0.3) is 11.2 Å². The predicted octanol–water partition coefficient (Wildman–Crippen LogP) is 2.77. The van der Waals surface area contributed by atoms with Crippen LogP contribution in [0.2, 0.25) is 0 Å². The molecule has 0 saturated heterocycles. The molecule has 4 heterocycles. The van der Waals surface area contributed by atoms with Crippen LogP contribution >= 0.6 is 11.8 Å². The molecule has 0 fully saturated rings. The van der Waals surface area contributed by atoms with Gasteiger partial charge in [0.05, 0.1) is 18.2 Å². The third-order valence-electron chi connectivity index (χ3n) is 3.92. The van der Waals surface area contributed by atoms with E-state index in [9.17, 15) is 0 Å². The van der Waals surface area contributed by atoms with E-state index in [4.69, 9.17) is 4.94 Å². The molecule has 0 aromatic carbocycles. The summed E-state index contributed by atoms with van der Waals surface area (Å²) in [7, 11) is 0. The number of fused-ring (bicyclic) bond motifs is 2. The van der Waals surface area contributed by atoms with Crippen molar-refractivity contribution < 1.29 is 4.94 Å². The van der Waals surface area contributed by atoms with Gasteiger partial charge in [-0.15, -0.1) is 0 Å². The highest BCUT2D eigenvalue weighted by molar-refractivity contribution is 7.99. The van der Waals surface area contributed by atoms with E-state index in [1.807, 2.05) is 24.8 Å². The summed E-state index contributed by atoms with van der Waals surface area (Å²) >= 11 is 1.66. The molecule has 2 aromatic rings. The van der Waals surface area contributed by atoms with E-state index in [-0.39, 0.29) is 0 Å². The van der Waals surface area contributed by atoms with E-state index in [2.05, 4.69) is 38.0 Å². The zero-order chi connectivity index (χ0) is 16.4. The van der Waals surface area contributed by atoms with Gasteiger partial charge < -0.3 is 4.57 Å². The van der Waals surface area contributed by atoms with Crippen LogP contribution in [0.3, 0.4) is 0 Å². The Morgan fingerprint density at radius 1 is 1.29 bits per heavy atom. The van der Waals surface area contributed by atoms with Crippen molar-refractivity contribution in [3.8, 4) is 0 Å². The van der Waals surface area contributed by atoms with Gasteiger partial charge in [-0.2, -0.15) is 4.94 Å². The van der Waals surface area contributed by atoms with E-state index >= 15 is 0 Å². The zero-order valence-corrected chi connectivity index (χ0v) is 14.2. The van der Waals surface area contributed by atoms with Crippen molar-refractivity contribution in [2.45, 2.75) is 31.3 Å². The lowest BCUT2D eigenvalue weighted by Gasteiger charge is -2.19. The van der Waals surface area contributed by atoms with E-state index in [0.717, 1.165) is 47.0 Å². The molecule has 0 unspecified atom stereocenters. The number of hydrogen-bond donors (Lipinski definition) is 1. The Labute approximate surface area is 144 Å². The van der Waals surface area contributed by atoms with Crippen molar-refractivity contribution >= 4 is 22.9 Å². The summed E-state index contributed by atoms with van der Waals surface area (Å²) in [5, 5.41) is 2.62. The molecule has 7 nitrogen and oxygen atoms in total. The molecule has 1 N–H and O–H groups in total. The molecule has 8 heteroatoms. The quantitative estimate of drug-likeness (QED) is 0.639. The van der Waals surface area contributed by atoms with Gasteiger partial charge in [0, 0.05) is 18.5 Å². The molecular weight excluding hydrogens is 324 g/mol. The smallest absolute Gasteiger partial charge is 0.164 e. The zero-order valence-electron chi connectivity index (χ0n) is 13.3. The van der Waals surface area contributed by atoms with Crippen LogP contribution in [0.1, 0.15) is 19.8 Å². The van der Waals surface area contributed by atoms with Gasteiger partial charge in [0.1, 0.15) is 16.9 Å². The second-order valence-electron chi connectivity index (χ2n) is 5.53. The lowest BCUT2D eigenvalue weighted by atomic mass is 10.2. The molecule has 0 spiro atoms. The van der Waals surface area contributed by atoms with Crippen LogP contribution in [0.4, 0.5) is 0 Å². The fourth-order valence-electron chi connectivity index (χ4n) is 2.64. The number of imidazole rings is 1. The van der Waals surface area contributed by atoms with Crippen LogP contribution in [0.15, 0.2) is 53.5 Å². The number of hydrogen-bond acceptors (Lipinski definition) is 7. The first kappa shape index (κ1) is 15.2. The molecule has 0 radical (unpaired) electrons. The summed E-state index contributed by atoms with van der Waals surface area (Å²) in [6.45, 7) is 3.12. The Kier molecular flexibility index (Phi) is 4.22. The highest BCUT2D eigenvalue weighted by Gasteiger charge is 2.21. The molecule has 0 bridgehead atoms. The number of unbranched alkanes of at least 4 members (excludes halogenated alkanes) is 1. The Hall–Kier alpha value is -2.32. The van der Waals surface area contributed by atoms with Gasteiger partial charge in [-0.1, -0.05) is 31.2 Å². The molecule has 4 rings (SSSR count). The molecule has 2 aromatic heterocycles. The summed E-state index contributed by atoms with van der Waals surface area (Å²) in [6, 6.07) is 0. The number of nitrogens with zero attached hydrogens (tertiary/aromatic N) is 5. The van der Waals surface area contributed by atoms with Crippen LogP contribution in [0, 0.1) is 0 Å². The van der Waals surface area contributed by atoms with Crippen molar-refractivity contribution in [2.24, 2.45) is 0 Å². The number of aromatic nitrogens is 4. The first-order chi connectivity index (χ1) is 11.9. The van der Waals surface area contributed by atoms with Gasteiger partial charge in [0.15, 0.2) is 5.65 Å². The number of thioether (sulfide) groups is 1. The molecule has 2 aliphatic rings. The third-order valence-corrected chi connectivity index (χ3v) is 4.94. The SMILES string of the molecule is CCCCn1cnc2c(SCC3=CC=CN4ONC=C34)ncnc21. The molecule has 2 aliphatic heterocycles. The number of allylic oxidation sites excluding steroid dienone is 3. The minimum atomic E-state index is 0.783. The summed E-state index contributed by atoms with van der Waals surface area (Å²) in [5.74, 6) is 0.783. The highest BCUT2D eigenvalue weighted by atomic mass is 32.2. The Bertz CT molecular complexity index is 840. The summed E-state index contributed by atoms with van der Waals surface area (Å²) in [6.07, 6.45) is 13.5. The fraction of sp³-hybridized carbons (Fsp3) is 0.312. The van der Waals surface area contributed by atoms with E-state index < -0.39 is 0 Å². The van der Waals surface area contributed by atoms with E-state index in [1.165, 1.54) is 5.57 Å². The van der Waals surface area contributed by atoms with E-state index in [1.54, 1.807) is 23.2 Å². The van der Waals surface area contributed by atoms with Crippen LogP contribution in [0.5, 0.6) is 0 Å². The largest absolute Gasteiger partial charge is 0.315 e. The second-order valence-corrected chi connectivity index (χ2v) is 6.49. The first-order valence-electron chi connectivity index (χ1n) is 7.95. The molecule has 0 saturated carbocycles. The number of aryl methyl sites for hydroxylation is 1. The maximum atomic E-state index is 5.26. The number of rotatable bonds is 6. The third kappa shape index (κ3) is 2.78. The second kappa shape index (κ2) is 6.66. The van der Waals surface area contributed by atoms with Gasteiger partial charge in [-0.3, -0.25) is 0 Å². The maximum absolute atomic E-state index is 5.26. The van der Waals surface area contributed by atoms with Crippen LogP contribution < -0.4 is 5.48 Å². The Morgan fingerprint density at radius 2 is 2.25 bits per heavy atom. The van der Waals surface area contributed by atoms with Crippen molar-refractivity contribution in [1.29, 1.82) is 0 Å². The van der Waals surface area contributed by atoms with Gasteiger partial charge in [0.25, 0.3) is 0 Å². The monoisotopic (exact) mass is 342 g/mol. The van der Waals surface area contributed by atoms with Gasteiger partial charge in [-0.05, 0) is 18.1 Å². The van der Waals surface area contributed by atoms with Gasteiger partial charge in [0.2, 0.25) is 0 Å². The van der Waals surface area contributed by atoms with Crippen LogP contribution in [-0.2, 0) is 11.5 Å². The maximum Gasteiger partial charge on any atom is 0.164 e. The molecular formula is C16H18N6OS. The lowest BCUT2D eigenvalue weighted by Crippen LogP contribution is -2.17. The molecule has 0 atom stereocenters. The number of hydroxylamine groups is 3. The number of nitrogens with one attached hydrogen (secondary N) is 1. The molecule has 124 valence electrons. The summed E-state index contributed by atoms with van der Waals surface area (Å²) < 4.78 is 2.10. The van der Waals surface area contributed by atoms with Gasteiger partial charge >= 0.3 is 0 Å². The van der Waals surface area contributed by atoms with Crippen molar-refractivity contribution in [3.05, 3.63) is 48.5 Å². The van der Waals surface area contributed by atoms with Crippen LogP contribution in [-0.4, -0.2) is 30.3 Å². The van der Waals surface area contributed by atoms with Crippen molar-refractivity contribution in [3.63, 3.8) is 0 Å². The average Bonchev–Trinajstić information content (AvgIpc) is 3.25. The van der Waals surface area contributed by atoms with Crippen molar-refractivity contribution in [1.82, 2.24) is 30.1 Å². The first-order valence-corrected chi connectivity index (χ1v) is 8.93. The Morgan fingerprint density at radius 3 is 3.17 bits per heavy atom. The lowest BCUT2D eigenvalue weighted by molar-refractivity contribution is -0.113. The minimum absolute atomic E-state index is 0.783. The topological polar surface area (TPSA) is 68.1 Å². The predicted molar refractivity (Wildman–Crippen MR) is 92.3 cm³/mol. The summed E-state index contributed by atoms with van der Waals surface area (Å²) in [5.41, 5.74) is 6.73. The van der Waals surface area contributed by atoms with Gasteiger partial charge in [-0.25, -0.2) is 25.5 Å². The normalized spacial score (nSPS) is 16.1. The van der Waals surface area contributed by atoms with Crippen molar-refractivity contribution in [2.75, 3.05) is 5.75 Å². The molecule has 0 amide bonds. The standard InChI is InChI=1S/C16H18N6OS/c1-2-3-6-21-11-19-14-15(21)17-10-18-16(14)24-9-12-5-4-7-22-13(12)8-20-23-22/h4-5,7-8,10-11,20H,2-3,6,9H2,1H3. The average molecular weight is 342 g/mol. The molecule has 24 heavy (non-hydrogen) atoms. The molecule has 0 aliphatic carbocycles.